The zero-order valence-corrected chi connectivity index (χ0v) is 6.89. The van der Waals surface area contributed by atoms with E-state index in [-0.39, 0.29) is 11.7 Å². The van der Waals surface area contributed by atoms with Crippen LogP contribution in [0.5, 0.6) is 0 Å². The van der Waals surface area contributed by atoms with Crippen LogP contribution in [-0.4, -0.2) is 35.0 Å². The Morgan fingerprint density at radius 2 is 2.00 bits per heavy atom. The number of hydrogen-bond acceptors (Lipinski definition) is 3. The fourth-order valence-corrected chi connectivity index (χ4v) is 1.20. The minimum absolute atomic E-state index is 0.146. The van der Waals surface area contributed by atoms with Crippen molar-refractivity contribution in [2.24, 2.45) is 0 Å². The fraction of sp³-hybridized carbons (Fsp3) is 0.571. The second-order valence-electron chi connectivity index (χ2n) is 2.48. The summed E-state index contributed by atoms with van der Waals surface area (Å²) in [5.41, 5.74) is 0. The number of Topliss-reactive ketones (excluding diaryl/α,β-unsaturated/α-hetero) is 1. The van der Waals surface area contributed by atoms with E-state index in [4.69, 9.17) is 0 Å². The molecular formula is C7H9NO2S. The first-order chi connectivity index (χ1) is 5.24. The van der Waals surface area contributed by atoms with Crippen molar-refractivity contribution in [3.8, 4) is 0 Å². The largest absolute Gasteiger partial charge is 0.338 e. The van der Waals surface area contributed by atoms with Gasteiger partial charge in [-0.25, -0.2) is 0 Å². The molecule has 1 rings (SSSR count). The summed E-state index contributed by atoms with van der Waals surface area (Å²) < 4.78 is 0. The summed E-state index contributed by atoms with van der Waals surface area (Å²) >= 11 is 4.48. The van der Waals surface area contributed by atoms with Gasteiger partial charge in [-0.3, -0.25) is 9.59 Å². The number of amides is 1. The number of rotatable bonds is 1. The van der Waals surface area contributed by atoms with Crippen LogP contribution in [0, 0.1) is 0 Å². The van der Waals surface area contributed by atoms with E-state index in [0.717, 1.165) is 5.37 Å². The zero-order chi connectivity index (χ0) is 8.27. The summed E-state index contributed by atoms with van der Waals surface area (Å²) in [4.78, 5) is 23.3. The maximum absolute atomic E-state index is 10.9. The Morgan fingerprint density at radius 1 is 1.45 bits per heavy atom. The van der Waals surface area contributed by atoms with E-state index in [0.29, 0.717) is 25.9 Å². The zero-order valence-electron chi connectivity index (χ0n) is 6.08. The van der Waals surface area contributed by atoms with Gasteiger partial charge in [-0.05, 0) is 0 Å². The van der Waals surface area contributed by atoms with Crippen LogP contribution in [0.3, 0.4) is 0 Å². The van der Waals surface area contributed by atoms with Gasteiger partial charge in [0.2, 0.25) is 0 Å². The smallest absolute Gasteiger partial charge is 0.257 e. The van der Waals surface area contributed by atoms with Gasteiger partial charge < -0.3 is 4.90 Å². The van der Waals surface area contributed by atoms with Crippen LogP contribution in [0.1, 0.15) is 12.8 Å². The molecule has 0 aromatic rings. The van der Waals surface area contributed by atoms with Crippen molar-refractivity contribution in [2.45, 2.75) is 12.8 Å². The maximum atomic E-state index is 10.9. The Bertz CT molecular complexity index is 193. The first-order valence-electron chi connectivity index (χ1n) is 3.50. The molecule has 0 aliphatic carbocycles. The first-order valence-corrected chi connectivity index (χ1v) is 3.97. The molecule has 1 heterocycles. The minimum atomic E-state index is -0.146. The minimum Gasteiger partial charge on any atom is -0.338 e. The first kappa shape index (κ1) is 8.33. The molecule has 1 saturated heterocycles. The summed E-state index contributed by atoms with van der Waals surface area (Å²) in [6, 6.07) is 0. The third kappa shape index (κ3) is 2.08. The lowest BCUT2D eigenvalue weighted by Crippen LogP contribution is -2.38. The highest BCUT2D eigenvalue weighted by molar-refractivity contribution is 7.80. The average molecular weight is 171 g/mol. The van der Waals surface area contributed by atoms with Crippen molar-refractivity contribution in [3.05, 3.63) is 0 Å². The number of thiocarbonyl (C=S) groups is 1. The van der Waals surface area contributed by atoms with Crippen molar-refractivity contribution in [1.82, 2.24) is 4.90 Å². The molecule has 11 heavy (non-hydrogen) atoms. The molecule has 0 radical (unpaired) electrons. The molecule has 3 nitrogen and oxygen atoms in total. The van der Waals surface area contributed by atoms with E-state index in [1.807, 2.05) is 0 Å². The van der Waals surface area contributed by atoms with Crippen LogP contribution in [0.2, 0.25) is 0 Å². The monoisotopic (exact) mass is 171 g/mol. The van der Waals surface area contributed by atoms with Crippen molar-refractivity contribution in [1.29, 1.82) is 0 Å². The lowest BCUT2D eigenvalue weighted by molar-refractivity contribution is -0.128. The molecule has 1 aliphatic rings. The van der Waals surface area contributed by atoms with Crippen LogP contribution in [-0.2, 0) is 9.59 Å². The quantitative estimate of drug-likeness (QED) is 0.528. The third-order valence-electron chi connectivity index (χ3n) is 1.73. The van der Waals surface area contributed by atoms with E-state index in [1.54, 1.807) is 4.90 Å². The SMILES string of the molecule is O=C1CCN(C(=O)C=S)CC1. The molecule has 0 spiro atoms. The summed E-state index contributed by atoms with van der Waals surface area (Å²) in [5, 5.41) is 1.12. The molecule has 0 atom stereocenters. The van der Waals surface area contributed by atoms with E-state index in [9.17, 15) is 9.59 Å². The highest BCUT2D eigenvalue weighted by atomic mass is 32.1. The van der Waals surface area contributed by atoms with Gasteiger partial charge >= 0.3 is 0 Å². The standard InChI is InChI=1S/C7H9NO2S/c9-6-1-3-8(4-2-6)7(10)5-11/h5H,1-4H2. The number of likely N-dealkylation sites (tertiary alicyclic amines) is 1. The lowest BCUT2D eigenvalue weighted by Gasteiger charge is -2.24. The Balaban J connectivity index is 2.44. The predicted octanol–water partition coefficient (Wildman–Crippen LogP) is 0.178. The van der Waals surface area contributed by atoms with Crippen LogP contribution in [0.15, 0.2) is 0 Å². The number of ketones is 1. The second kappa shape index (κ2) is 3.57. The summed E-state index contributed by atoms with van der Waals surface area (Å²) in [7, 11) is 0. The van der Waals surface area contributed by atoms with Gasteiger partial charge in [0, 0.05) is 25.9 Å². The Hall–Kier alpha value is -0.770. The molecule has 60 valence electrons. The van der Waals surface area contributed by atoms with E-state index in [2.05, 4.69) is 12.2 Å². The summed E-state index contributed by atoms with van der Waals surface area (Å²) in [6.45, 7) is 1.07. The van der Waals surface area contributed by atoms with Crippen LogP contribution in [0.25, 0.3) is 0 Å². The Morgan fingerprint density at radius 3 is 2.45 bits per heavy atom. The lowest BCUT2D eigenvalue weighted by atomic mass is 10.1. The second-order valence-corrected chi connectivity index (χ2v) is 2.72. The van der Waals surface area contributed by atoms with Gasteiger partial charge in [-0.2, -0.15) is 0 Å². The van der Waals surface area contributed by atoms with Gasteiger partial charge in [-0.1, -0.05) is 12.2 Å². The van der Waals surface area contributed by atoms with Gasteiger partial charge in [0.25, 0.3) is 5.91 Å². The summed E-state index contributed by atoms with van der Waals surface area (Å²) in [5.74, 6) is 0.0888. The fourth-order valence-electron chi connectivity index (χ4n) is 1.05. The molecule has 0 saturated carbocycles. The van der Waals surface area contributed by atoms with Crippen molar-refractivity contribution >= 4 is 29.3 Å². The van der Waals surface area contributed by atoms with E-state index >= 15 is 0 Å². The molecule has 0 aromatic heterocycles. The van der Waals surface area contributed by atoms with E-state index in [1.165, 1.54) is 0 Å². The summed E-state index contributed by atoms with van der Waals surface area (Å²) in [6.07, 6.45) is 0.962. The average Bonchev–Trinajstić information content (AvgIpc) is 2.05. The van der Waals surface area contributed by atoms with Crippen molar-refractivity contribution in [3.63, 3.8) is 0 Å². The molecule has 0 N–H and O–H groups in total. The molecule has 1 fully saturated rings. The molecule has 0 unspecified atom stereocenters. The normalized spacial score (nSPS) is 18.2. The van der Waals surface area contributed by atoms with Crippen LogP contribution in [0.4, 0.5) is 0 Å². The molecular weight excluding hydrogens is 162 g/mol. The van der Waals surface area contributed by atoms with Gasteiger partial charge in [-0.15, -0.1) is 0 Å². The molecule has 4 heteroatoms. The Kier molecular flexibility index (Phi) is 2.70. The van der Waals surface area contributed by atoms with Gasteiger partial charge in [0.05, 0.1) is 5.37 Å². The number of hydrogen-bond donors (Lipinski definition) is 0. The maximum Gasteiger partial charge on any atom is 0.257 e. The number of piperidine rings is 1. The van der Waals surface area contributed by atoms with E-state index < -0.39 is 0 Å². The van der Waals surface area contributed by atoms with Crippen molar-refractivity contribution in [2.75, 3.05) is 13.1 Å². The van der Waals surface area contributed by atoms with Crippen molar-refractivity contribution < 1.29 is 9.59 Å². The third-order valence-corrected chi connectivity index (χ3v) is 1.94. The van der Waals surface area contributed by atoms with Crippen LogP contribution < -0.4 is 0 Å². The molecule has 1 amide bonds. The highest BCUT2D eigenvalue weighted by Gasteiger charge is 2.18. The number of nitrogens with zero attached hydrogens (tertiary/aromatic N) is 1. The highest BCUT2D eigenvalue weighted by Crippen LogP contribution is 2.04. The predicted molar refractivity (Wildman–Crippen MR) is 44.5 cm³/mol. The Labute approximate surface area is 70.4 Å². The van der Waals surface area contributed by atoms with Crippen LogP contribution >= 0.6 is 12.2 Å². The molecule has 1 aliphatic heterocycles. The van der Waals surface area contributed by atoms with Gasteiger partial charge in [0.15, 0.2) is 0 Å². The molecule has 0 aromatic carbocycles. The van der Waals surface area contributed by atoms with Gasteiger partial charge in [0.1, 0.15) is 5.78 Å². The topological polar surface area (TPSA) is 37.4 Å². The molecule has 0 bridgehead atoms. The number of carbonyl (C=O) groups excluding carboxylic acids is 2. The number of carbonyl (C=O) groups is 2.